The summed E-state index contributed by atoms with van der Waals surface area (Å²) in [5.41, 5.74) is 1.38. The molecule has 1 saturated carbocycles. The van der Waals surface area contributed by atoms with E-state index in [0.717, 1.165) is 5.82 Å². The quantitative estimate of drug-likeness (QED) is 0.610. The van der Waals surface area contributed by atoms with Crippen molar-refractivity contribution < 1.29 is 14.3 Å². The minimum atomic E-state index is -0.443. The van der Waals surface area contributed by atoms with Gasteiger partial charge in [-0.2, -0.15) is 0 Å². The number of methoxy groups -OCH3 is 1. The fraction of sp³-hybridized carbons (Fsp3) is 0.381. The Kier molecular flexibility index (Phi) is 6.41. The van der Waals surface area contributed by atoms with Crippen molar-refractivity contribution >= 4 is 23.4 Å². The Morgan fingerprint density at radius 2 is 1.81 bits per heavy atom. The van der Waals surface area contributed by atoms with E-state index in [2.05, 4.69) is 15.6 Å². The van der Waals surface area contributed by atoms with Crippen LogP contribution >= 0.6 is 0 Å². The van der Waals surface area contributed by atoms with Crippen LogP contribution < -0.4 is 10.6 Å². The first kappa shape index (κ1) is 18.9. The Hall–Kier alpha value is -2.89. The van der Waals surface area contributed by atoms with E-state index >= 15 is 0 Å². The number of anilines is 2. The highest BCUT2D eigenvalue weighted by molar-refractivity contribution is 6.04. The van der Waals surface area contributed by atoms with Gasteiger partial charge in [-0.1, -0.05) is 31.7 Å². The minimum absolute atomic E-state index is 0.273. The first-order chi connectivity index (χ1) is 13.2. The van der Waals surface area contributed by atoms with Crippen LogP contribution in [0.5, 0.6) is 0 Å². The molecule has 1 amide bonds. The molecule has 0 unspecified atom stereocenters. The van der Waals surface area contributed by atoms with Crippen molar-refractivity contribution in [3.63, 3.8) is 0 Å². The summed E-state index contributed by atoms with van der Waals surface area (Å²) in [6.45, 7) is 0. The Labute approximate surface area is 159 Å². The van der Waals surface area contributed by atoms with Crippen molar-refractivity contribution in [2.24, 2.45) is 0 Å². The zero-order chi connectivity index (χ0) is 19.1. The summed E-state index contributed by atoms with van der Waals surface area (Å²) in [7, 11) is 1.32. The molecule has 0 bridgehead atoms. The molecule has 6 heteroatoms. The fourth-order valence-corrected chi connectivity index (χ4v) is 3.29. The highest BCUT2D eigenvalue weighted by Crippen LogP contribution is 2.20. The zero-order valence-corrected chi connectivity index (χ0v) is 15.5. The van der Waals surface area contributed by atoms with Gasteiger partial charge in [0.25, 0.3) is 5.91 Å². The molecule has 1 heterocycles. The van der Waals surface area contributed by atoms with Gasteiger partial charge in [-0.3, -0.25) is 4.79 Å². The summed E-state index contributed by atoms with van der Waals surface area (Å²) in [5, 5.41) is 6.25. The molecule has 1 aromatic carbocycles. The Bertz CT molecular complexity index is 782. The van der Waals surface area contributed by atoms with E-state index in [1.54, 1.807) is 36.5 Å². The van der Waals surface area contributed by atoms with Gasteiger partial charge in [0.1, 0.15) is 5.82 Å². The number of benzene rings is 1. The second-order valence-electron chi connectivity index (χ2n) is 6.79. The van der Waals surface area contributed by atoms with Crippen LogP contribution in [-0.4, -0.2) is 30.0 Å². The summed E-state index contributed by atoms with van der Waals surface area (Å²) >= 11 is 0. The normalized spacial score (nSPS) is 14.9. The third-order valence-electron chi connectivity index (χ3n) is 4.77. The summed E-state index contributed by atoms with van der Waals surface area (Å²) in [5.74, 6) is 0.0818. The van der Waals surface area contributed by atoms with Crippen LogP contribution in [0.4, 0.5) is 11.5 Å². The van der Waals surface area contributed by atoms with Gasteiger partial charge in [0.05, 0.1) is 18.2 Å². The second kappa shape index (κ2) is 9.16. The lowest BCUT2D eigenvalue weighted by atomic mass is 10.1. The van der Waals surface area contributed by atoms with Crippen LogP contribution in [0.15, 0.2) is 42.6 Å². The first-order valence-electron chi connectivity index (χ1n) is 9.38. The number of hydrogen-bond donors (Lipinski definition) is 2. The predicted octanol–water partition coefficient (Wildman–Crippen LogP) is 4.26. The SMILES string of the molecule is COC(=O)c1cccc(NC(=O)c2ccc(NC3CCCCCC3)nc2)c1. The van der Waals surface area contributed by atoms with Crippen molar-refractivity contribution in [3.05, 3.63) is 53.7 Å². The number of amides is 1. The molecule has 6 nitrogen and oxygen atoms in total. The molecular weight excluding hydrogens is 342 g/mol. The van der Waals surface area contributed by atoms with Gasteiger partial charge in [0.15, 0.2) is 0 Å². The average Bonchev–Trinajstić information content (AvgIpc) is 2.97. The number of carbonyl (C=O) groups is 2. The molecule has 0 saturated heterocycles. The number of rotatable bonds is 5. The van der Waals surface area contributed by atoms with Gasteiger partial charge in [-0.15, -0.1) is 0 Å². The van der Waals surface area contributed by atoms with Crippen LogP contribution in [0.2, 0.25) is 0 Å². The molecular formula is C21H25N3O3. The van der Waals surface area contributed by atoms with E-state index in [1.165, 1.54) is 45.6 Å². The molecule has 2 aromatic rings. The molecule has 3 rings (SSSR count). The third-order valence-corrected chi connectivity index (χ3v) is 4.77. The third kappa shape index (κ3) is 5.29. The Morgan fingerprint density at radius 1 is 1.04 bits per heavy atom. The topological polar surface area (TPSA) is 80.3 Å². The van der Waals surface area contributed by atoms with Crippen molar-refractivity contribution in [2.75, 3.05) is 17.7 Å². The molecule has 0 radical (unpaired) electrons. The highest BCUT2D eigenvalue weighted by atomic mass is 16.5. The van der Waals surface area contributed by atoms with Crippen LogP contribution in [0.3, 0.4) is 0 Å². The van der Waals surface area contributed by atoms with Gasteiger partial charge >= 0.3 is 5.97 Å². The summed E-state index contributed by atoms with van der Waals surface area (Å²) in [4.78, 5) is 28.4. The molecule has 0 atom stereocenters. The molecule has 1 aromatic heterocycles. The largest absolute Gasteiger partial charge is 0.465 e. The minimum Gasteiger partial charge on any atom is -0.465 e. The number of hydrogen-bond acceptors (Lipinski definition) is 5. The maximum absolute atomic E-state index is 12.4. The molecule has 2 N–H and O–H groups in total. The maximum atomic E-state index is 12.4. The van der Waals surface area contributed by atoms with Gasteiger partial charge in [0, 0.05) is 17.9 Å². The lowest BCUT2D eigenvalue weighted by Crippen LogP contribution is -2.19. The number of esters is 1. The van der Waals surface area contributed by atoms with E-state index in [0.29, 0.717) is 22.9 Å². The average molecular weight is 367 g/mol. The van der Waals surface area contributed by atoms with Crippen molar-refractivity contribution in [3.8, 4) is 0 Å². The number of nitrogens with one attached hydrogen (secondary N) is 2. The van der Waals surface area contributed by atoms with Gasteiger partial charge in [-0.25, -0.2) is 9.78 Å². The Balaban J connectivity index is 1.61. The molecule has 142 valence electrons. The van der Waals surface area contributed by atoms with Crippen molar-refractivity contribution in [1.82, 2.24) is 4.98 Å². The van der Waals surface area contributed by atoms with Gasteiger partial charge < -0.3 is 15.4 Å². The smallest absolute Gasteiger partial charge is 0.337 e. The number of ether oxygens (including phenoxy) is 1. The second-order valence-corrected chi connectivity index (χ2v) is 6.79. The van der Waals surface area contributed by atoms with Crippen molar-refractivity contribution in [1.29, 1.82) is 0 Å². The lowest BCUT2D eigenvalue weighted by molar-refractivity contribution is 0.0600. The van der Waals surface area contributed by atoms with E-state index in [9.17, 15) is 9.59 Å². The van der Waals surface area contributed by atoms with Crippen molar-refractivity contribution in [2.45, 2.75) is 44.6 Å². The van der Waals surface area contributed by atoms with E-state index < -0.39 is 5.97 Å². The molecule has 27 heavy (non-hydrogen) atoms. The van der Waals surface area contributed by atoms with Crippen LogP contribution in [-0.2, 0) is 4.74 Å². The molecule has 1 aliphatic carbocycles. The molecule has 1 fully saturated rings. The lowest BCUT2D eigenvalue weighted by Gasteiger charge is -2.16. The predicted molar refractivity (Wildman–Crippen MR) is 105 cm³/mol. The van der Waals surface area contributed by atoms with Gasteiger partial charge in [0.2, 0.25) is 0 Å². The van der Waals surface area contributed by atoms with E-state index in [1.807, 2.05) is 6.07 Å². The summed E-state index contributed by atoms with van der Waals surface area (Å²) in [6, 6.07) is 10.7. The zero-order valence-electron chi connectivity index (χ0n) is 15.5. The maximum Gasteiger partial charge on any atom is 0.337 e. The number of pyridine rings is 1. The van der Waals surface area contributed by atoms with E-state index in [4.69, 9.17) is 4.74 Å². The summed E-state index contributed by atoms with van der Waals surface area (Å²) < 4.78 is 4.70. The highest BCUT2D eigenvalue weighted by Gasteiger charge is 2.13. The number of aromatic nitrogens is 1. The molecule has 1 aliphatic rings. The standard InChI is InChI=1S/C21H25N3O3/c1-27-21(26)15-7-6-10-18(13-15)24-20(25)16-11-12-19(22-14-16)23-17-8-4-2-3-5-9-17/h6-7,10-14,17H,2-5,8-9H2,1H3,(H,22,23)(H,24,25). The first-order valence-corrected chi connectivity index (χ1v) is 9.38. The van der Waals surface area contributed by atoms with Gasteiger partial charge in [-0.05, 0) is 43.2 Å². The number of nitrogens with zero attached hydrogens (tertiary/aromatic N) is 1. The van der Waals surface area contributed by atoms with Crippen LogP contribution in [0.25, 0.3) is 0 Å². The van der Waals surface area contributed by atoms with E-state index in [-0.39, 0.29) is 5.91 Å². The molecule has 0 aliphatic heterocycles. The number of carbonyl (C=O) groups excluding carboxylic acids is 2. The fourth-order valence-electron chi connectivity index (χ4n) is 3.29. The van der Waals surface area contributed by atoms with Crippen LogP contribution in [0.1, 0.15) is 59.2 Å². The van der Waals surface area contributed by atoms with Crippen LogP contribution in [0, 0.1) is 0 Å². The summed E-state index contributed by atoms with van der Waals surface area (Å²) in [6.07, 6.45) is 9.02. The monoisotopic (exact) mass is 367 g/mol. The molecule has 0 spiro atoms. The Morgan fingerprint density at radius 3 is 2.48 bits per heavy atom.